The van der Waals surface area contributed by atoms with E-state index in [1.807, 2.05) is 24.4 Å². The molecule has 1 aliphatic heterocycles. The summed E-state index contributed by atoms with van der Waals surface area (Å²) < 4.78 is 10.9. The zero-order valence-electron chi connectivity index (χ0n) is 12.5. The summed E-state index contributed by atoms with van der Waals surface area (Å²) in [5, 5.41) is 2.19. The van der Waals surface area contributed by atoms with Gasteiger partial charge in [-0.3, -0.25) is 0 Å². The van der Waals surface area contributed by atoms with Gasteiger partial charge in [-0.1, -0.05) is 13.8 Å². The number of benzene rings is 1. The molecule has 2 aromatic rings. The number of pyridine rings is 1. The second kappa shape index (κ2) is 5.77. The molecule has 2 N–H and O–H groups in total. The van der Waals surface area contributed by atoms with Crippen LogP contribution >= 0.6 is 0 Å². The first-order chi connectivity index (χ1) is 10.2. The molecular formula is C16H21N3O2. The summed E-state index contributed by atoms with van der Waals surface area (Å²) in [5.41, 5.74) is 5.76. The normalized spacial score (nSPS) is 13.1. The van der Waals surface area contributed by atoms with E-state index in [1.54, 1.807) is 0 Å². The quantitative estimate of drug-likeness (QED) is 0.915. The minimum atomic E-state index is 0.285. The van der Waals surface area contributed by atoms with Crippen LogP contribution in [0.25, 0.3) is 10.8 Å². The maximum Gasteiger partial charge on any atom is 0.231 e. The Bertz CT molecular complexity index is 643. The van der Waals surface area contributed by atoms with E-state index >= 15 is 0 Å². The number of rotatable bonds is 5. The van der Waals surface area contributed by atoms with Crippen molar-refractivity contribution < 1.29 is 9.47 Å². The van der Waals surface area contributed by atoms with Crippen LogP contribution in [0.5, 0.6) is 11.5 Å². The van der Waals surface area contributed by atoms with Crippen molar-refractivity contribution in [2.45, 2.75) is 13.8 Å². The molecule has 0 saturated carbocycles. The lowest BCUT2D eigenvalue weighted by atomic mass is 10.1. The first-order valence-electron chi connectivity index (χ1n) is 7.32. The number of ether oxygens (including phenoxy) is 2. The van der Waals surface area contributed by atoms with Gasteiger partial charge < -0.3 is 20.1 Å². The molecule has 0 radical (unpaired) electrons. The standard InChI is InChI=1S/C16H21N3O2/c1-11(2)9-19(6-4-17)16-13-8-15-14(20-10-21-15)7-12(13)3-5-18-16/h3,5,7-8,11H,4,6,9-10,17H2,1-2H3. The molecule has 5 nitrogen and oxygen atoms in total. The molecule has 0 spiro atoms. The van der Waals surface area contributed by atoms with Gasteiger partial charge in [-0.05, 0) is 29.5 Å². The number of fused-ring (bicyclic) bond motifs is 2. The number of anilines is 1. The van der Waals surface area contributed by atoms with Gasteiger partial charge in [0.15, 0.2) is 11.5 Å². The Hall–Kier alpha value is -2.01. The maximum atomic E-state index is 5.76. The fourth-order valence-electron chi connectivity index (χ4n) is 2.68. The van der Waals surface area contributed by atoms with Crippen LogP contribution in [0.4, 0.5) is 5.82 Å². The van der Waals surface area contributed by atoms with E-state index in [9.17, 15) is 0 Å². The van der Waals surface area contributed by atoms with Gasteiger partial charge in [0.05, 0.1) is 0 Å². The van der Waals surface area contributed by atoms with Gasteiger partial charge in [0.1, 0.15) is 5.82 Å². The van der Waals surface area contributed by atoms with Crippen LogP contribution in [0, 0.1) is 5.92 Å². The van der Waals surface area contributed by atoms with Gasteiger partial charge in [0.25, 0.3) is 0 Å². The number of hydrogen-bond donors (Lipinski definition) is 1. The first-order valence-corrected chi connectivity index (χ1v) is 7.32. The summed E-state index contributed by atoms with van der Waals surface area (Å²) >= 11 is 0. The van der Waals surface area contributed by atoms with Crippen LogP contribution < -0.4 is 20.1 Å². The minimum Gasteiger partial charge on any atom is -0.454 e. The van der Waals surface area contributed by atoms with Crippen LogP contribution in [0.2, 0.25) is 0 Å². The van der Waals surface area contributed by atoms with Crippen molar-refractivity contribution in [2.24, 2.45) is 11.7 Å². The molecule has 5 heteroatoms. The van der Waals surface area contributed by atoms with E-state index in [0.29, 0.717) is 12.5 Å². The van der Waals surface area contributed by atoms with E-state index < -0.39 is 0 Å². The molecule has 0 fully saturated rings. The molecule has 0 amide bonds. The summed E-state index contributed by atoms with van der Waals surface area (Å²) in [4.78, 5) is 6.82. The van der Waals surface area contributed by atoms with Crippen LogP contribution in [0.1, 0.15) is 13.8 Å². The van der Waals surface area contributed by atoms with Crippen LogP contribution in [0.15, 0.2) is 24.4 Å². The predicted molar refractivity (Wildman–Crippen MR) is 84.0 cm³/mol. The van der Waals surface area contributed by atoms with Crippen molar-refractivity contribution in [3.63, 3.8) is 0 Å². The molecule has 1 aromatic carbocycles. The topological polar surface area (TPSA) is 60.6 Å². The molecule has 0 aliphatic carbocycles. The summed E-state index contributed by atoms with van der Waals surface area (Å²) in [6.45, 7) is 7.01. The molecule has 0 unspecified atom stereocenters. The summed E-state index contributed by atoms with van der Waals surface area (Å²) in [7, 11) is 0. The first kappa shape index (κ1) is 13.9. The molecule has 2 heterocycles. The zero-order chi connectivity index (χ0) is 14.8. The van der Waals surface area contributed by atoms with E-state index in [0.717, 1.165) is 41.2 Å². The molecule has 1 aromatic heterocycles. The van der Waals surface area contributed by atoms with Crippen LogP contribution in [-0.4, -0.2) is 31.4 Å². The highest BCUT2D eigenvalue weighted by molar-refractivity contribution is 5.94. The van der Waals surface area contributed by atoms with Crippen LogP contribution in [-0.2, 0) is 0 Å². The van der Waals surface area contributed by atoms with Gasteiger partial charge in [-0.2, -0.15) is 0 Å². The monoisotopic (exact) mass is 287 g/mol. The average molecular weight is 287 g/mol. The fourth-order valence-corrected chi connectivity index (χ4v) is 2.68. The van der Waals surface area contributed by atoms with E-state index in [2.05, 4.69) is 23.7 Å². The van der Waals surface area contributed by atoms with Crippen molar-refractivity contribution in [3.8, 4) is 11.5 Å². The minimum absolute atomic E-state index is 0.285. The largest absolute Gasteiger partial charge is 0.454 e. The molecule has 21 heavy (non-hydrogen) atoms. The van der Waals surface area contributed by atoms with Crippen molar-refractivity contribution in [1.29, 1.82) is 0 Å². The Balaban J connectivity index is 2.08. The number of nitrogens with two attached hydrogens (primary N) is 1. The van der Waals surface area contributed by atoms with Gasteiger partial charge in [0.2, 0.25) is 6.79 Å². The van der Waals surface area contributed by atoms with Crippen molar-refractivity contribution >= 4 is 16.6 Å². The highest BCUT2D eigenvalue weighted by Gasteiger charge is 2.18. The second-order valence-corrected chi connectivity index (χ2v) is 5.69. The zero-order valence-corrected chi connectivity index (χ0v) is 12.5. The smallest absolute Gasteiger partial charge is 0.231 e. The van der Waals surface area contributed by atoms with Gasteiger partial charge in [-0.25, -0.2) is 4.98 Å². The predicted octanol–water partition coefficient (Wildman–Crippen LogP) is 2.38. The van der Waals surface area contributed by atoms with Crippen molar-refractivity contribution in [1.82, 2.24) is 4.98 Å². The lowest BCUT2D eigenvalue weighted by Crippen LogP contribution is -2.33. The highest BCUT2D eigenvalue weighted by Crippen LogP contribution is 2.38. The van der Waals surface area contributed by atoms with Gasteiger partial charge in [-0.15, -0.1) is 0 Å². The third-order valence-electron chi connectivity index (χ3n) is 3.52. The molecule has 112 valence electrons. The Morgan fingerprint density at radius 1 is 1.29 bits per heavy atom. The Morgan fingerprint density at radius 3 is 2.76 bits per heavy atom. The lowest BCUT2D eigenvalue weighted by molar-refractivity contribution is 0.174. The van der Waals surface area contributed by atoms with Gasteiger partial charge >= 0.3 is 0 Å². The second-order valence-electron chi connectivity index (χ2n) is 5.69. The van der Waals surface area contributed by atoms with E-state index in [1.165, 1.54) is 0 Å². The fraction of sp³-hybridized carbons (Fsp3) is 0.438. The molecule has 0 atom stereocenters. The molecule has 0 saturated heterocycles. The van der Waals surface area contributed by atoms with E-state index in [-0.39, 0.29) is 6.79 Å². The Kier molecular flexibility index (Phi) is 3.84. The summed E-state index contributed by atoms with van der Waals surface area (Å²) in [5.74, 6) is 3.09. The third-order valence-corrected chi connectivity index (χ3v) is 3.52. The average Bonchev–Trinajstić information content (AvgIpc) is 2.90. The van der Waals surface area contributed by atoms with Crippen molar-refractivity contribution in [3.05, 3.63) is 24.4 Å². The van der Waals surface area contributed by atoms with Gasteiger partial charge in [0, 0.05) is 31.2 Å². The number of nitrogens with zero attached hydrogens (tertiary/aromatic N) is 2. The lowest BCUT2D eigenvalue weighted by Gasteiger charge is -2.26. The van der Waals surface area contributed by atoms with E-state index in [4.69, 9.17) is 15.2 Å². The Morgan fingerprint density at radius 2 is 2.05 bits per heavy atom. The Labute approximate surface area is 124 Å². The summed E-state index contributed by atoms with van der Waals surface area (Å²) in [6.07, 6.45) is 1.84. The molecule has 0 bridgehead atoms. The number of aromatic nitrogens is 1. The van der Waals surface area contributed by atoms with Crippen molar-refractivity contribution in [2.75, 3.05) is 31.3 Å². The molecule has 1 aliphatic rings. The number of hydrogen-bond acceptors (Lipinski definition) is 5. The summed E-state index contributed by atoms with van der Waals surface area (Å²) in [6, 6.07) is 6.03. The SMILES string of the molecule is CC(C)CN(CCN)c1nccc2cc3c(cc12)OCO3. The highest BCUT2D eigenvalue weighted by atomic mass is 16.7. The maximum absolute atomic E-state index is 5.76. The molecular weight excluding hydrogens is 266 g/mol. The molecule has 3 rings (SSSR count). The van der Waals surface area contributed by atoms with Crippen LogP contribution in [0.3, 0.4) is 0 Å². The third kappa shape index (κ3) is 2.74.